The summed E-state index contributed by atoms with van der Waals surface area (Å²) in [6.45, 7) is 1.51. The highest BCUT2D eigenvalue weighted by molar-refractivity contribution is 5.25. The van der Waals surface area contributed by atoms with E-state index in [1.165, 1.54) is 17.5 Å². The number of hydrogen-bond donors (Lipinski definition) is 1. The molecule has 1 aliphatic heterocycles. The van der Waals surface area contributed by atoms with Crippen LogP contribution in [0, 0.1) is 0 Å². The lowest BCUT2D eigenvalue weighted by Gasteiger charge is -2.10. The Morgan fingerprint density at radius 3 is 3.08 bits per heavy atom. The maximum atomic E-state index is 5.60. The molecule has 1 saturated heterocycles. The van der Waals surface area contributed by atoms with Crippen LogP contribution in [0.3, 0.4) is 0 Å². The Hall–Kier alpha value is -0.860. The maximum Gasteiger partial charge on any atom is 0.0825 e. The van der Waals surface area contributed by atoms with Gasteiger partial charge in [0.05, 0.1) is 6.10 Å². The molecule has 1 aliphatic rings. The molecule has 0 aliphatic carbocycles. The Labute approximate surface area is 78.7 Å². The van der Waals surface area contributed by atoms with Crippen molar-refractivity contribution < 1.29 is 4.74 Å². The predicted molar refractivity (Wildman–Crippen MR) is 52.3 cm³/mol. The van der Waals surface area contributed by atoms with Crippen LogP contribution in [0.1, 0.15) is 30.1 Å². The third kappa shape index (κ3) is 1.90. The molecule has 0 amide bonds. The molecule has 2 N–H and O–H groups in total. The molecule has 2 nitrogen and oxygen atoms in total. The second kappa shape index (κ2) is 3.90. The van der Waals surface area contributed by atoms with E-state index in [4.69, 9.17) is 10.5 Å². The molecule has 0 bridgehead atoms. The largest absolute Gasteiger partial charge is 0.374 e. The molecule has 1 unspecified atom stereocenters. The molecule has 1 heterocycles. The standard InChI is InChI=1S/C11H15NO/c12-8-9-3-1-4-10(7-9)11-5-2-6-13-11/h1,3-4,7,11H,2,5-6,8,12H2. The Morgan fingerprint density at radius 2 is 2.38 bits per heavy atom. The van der Waals surface area contributed by atoms with Crippen LogP contribution in [-0.4, -0.2) is 6.61 Å². The van der Waals surface area contributed by atoms with Crippen LogP contribution in [0.15, 0.2) is 24.3 Å². The molecule has 0 aromatic heterocycles. The molecule has 0 radical (unpaired) electrons. The van der Waals surface area contributed by atoms with Gasteiger partial charge in [0, 0.05) is 13.2 Å². The van der Waals surface area contributed by atoms with E-state index in [0.717, 1.165) is 13.0 Å². The smallest absolute Gasteiger partial charge is 0.0825 e. The van der Waals surface area contributed by atoms with Crippen LogP contribution < -0.4 is 5.73 Å². The van der Waals surface area contributed by atoms with Crippen LogP contribution in [0.2, 0.25) is 0 Å². The zero-order valence-electron chi connectivity index (χ0n) is 7.70. The first-order valence-corrected chi connectivity index (χ1v) is 4.80. The fraction of sp³-hybridized carbons (Fsp3) is 0.455. The first-order valence-electron chi connectivity index (χ1n) is 4.80. The highest BCUT2D eigenvalue weighted by atomic mass is 16.5. The van der Waals surface area contributed by atoms with E-state index >= 15 is 0 Å². The van der Waals surface area contributed by atoms with E-state index < -0.39 is 0 Å². The third-order valence-electron chi connectivity index (χ3n) is 2.49. The van der Waals surface area contributed by atoms with Gasteiger partial charge in [-0.25, -0.2) is 0 Å². The highest BCUT2D eigenvalue weighted by Gasteiger charge is 2.17. The number of benzene rings is 1. The Balaban J connectivity index is 2.18. The van der Waals surface area contributed by atoms with E-state index in [0.29, 0.717) is 12.6 Å². The minimum atomic E-state index is 0.312. The van der Waals surface area contributed by atoms with Gasteiger partial charge in [-0.3, -0.25) is 0 Å². The van der Waals surface area contributed by atoms with Gasteiger partial charge < -0.3 is 10.5 Å². The minimum absolute atomic E-state index is 0.312. The van der Waals surface area contributed by atoms with Crippen molar-refractivity contribution in [3.05, 3.63) is 35.4 Å². The molecule has 2 heteroatoms. The second-order valence-corrected chi connectivity index (χ2v) is 3.45. The lowest BCUT2D eigenvalue weighted by molar-refractivity contribution is 0.112. The van der Waals surface area contributed by atoms with Crippen molar-refractivity contribution in [2.45, 2.75) is 25.5 Å². The summed E-state index contributed by atoms with van der Waals surface area (Å²) >= 11 is 0. The van der Waals surface area contributed by atoms with Gasteiger partial charge in [0.2, 0.25) is 0 Å². The summed E-state index contributed by atoms with van der Waals surface area (Å²) in [4.78, 5) is 0. The summed E-state index contributed by atoms with van der Waals surface area (Å²) in [6, 6.07) is 8.38. The summed E-state index contributed by atoms with van der Waals surface area (Å²) in [5, 5.41) is 0. The van der Waals surface area contributed by atoms with E-state index in [-0.39, 0.29) is 0 Å². The van der Waals surface area contributed by atoms with E-state index in [1.54, 1.807) is 0 Å². The van der Waals surface area contributed by atoms with Crippen LogP contribution in [0.5, 0.6) is 0 Å². The number of hydrogen-bond acceptors (Lipinski definition) is 2. The van der Waals surface area contributed by atoms with Crippen molar-refractivity contribution in [1.29, 1.82) is 0 Å². The Bertz CT molecular complexity index is 279. The zero-order chi connectivity index (χ0) is 9.10. The molecule has 13 heavy (non-hydrogen) atoms. The molecule has 70 valence electrons. The molecular formula is C11H15NO. The zero-order valence-corrected chi connectivity index (χ0v) is 7.70. The molecule has 1 aromatic carbocycles. The van der Waals surface area contributed by atoms with Gasteiger partial charge in [-0.05, 0) is 24.0 Å². The van der Waals surface area contributed by atoms with Gasteiger partial charge in [0.25, 0.3) is 0 Å². The monoisotopic (exact) mass is 177 g/mol. The summed E-state index contributed by atoms with van der Waals surface area (Å²) in [7, 11) is 0. The third-order valence-corrected chi connectivity index (χ3v) is 2.49. The average molecular weight is 177 g/mol. The predicted octanol–water partition coefficient (Wildman–Crippen LogP) is 2.00. The number of nitrogens with two attached hydrogens (primary N) is 1. The Kier molecular flexibility index (Phi) is 2.62. The van der Waals surface area contributed by atoms with Crippen molar-refractivity contribution in [3.63, 3.8) is 0 Å². The van der Waals surface area contributed by atoms with Crippen molar-refractivity contribution in [1.82, 2.24) is 0 Å². The van der Waals surface area contributed by atoms with Crippen LogP contribution in [-0.2, 0) is 11.3 Å². The fourth-order valence-electron chi connectivity index (χ4n) is 1.76. The Morgan fingerprint density at radius 1 is 1.46 bits per heavy atom. The maximum absolute atomic E-state index is 5.60. The summed E-state index contributed by atoms with van der Waals surface area (Å²) in [5.74, 6) is 0. The molecule has 1 aromatic rings. The van der Waals surface area contributed by atoms with Gasteiger partial charge in [0.1, 0.15) is 0 Å². The summed E-state index contributed by atoms with van der Waals surface area (Å²) < 4.78 is 5.60. The normalized spacial score (nSPS) is 22.1. The van der Waals surface area contributed by atoms with Gasteiger partial charge in [0.15, 0.2) is 0 Å². The van der Waals surface area contributed by atoms with Crippen LogP contribution in [0.25, 0.3) is 0 Å². The number of ether oxygens (including phenoxy) is 1. The average Bonchev–Trinajstić information content (AvgIpc) is 2.71. The molecule has 0 spiro atoms. The lowest BCUT2D eigenvalue weighted by Crippen LogP contribution is -2.00. The van der Waals surface area contributed by atoms with Crippen LogP contribution >= 0.6 is 0 Å². The first kappa shape index (κ1) is 8.73. The highest BCUT2D eigenvalue weighted by Crippen LogP contribution is 2.28. The van der Waals surface area contributed by atoms with Crippen molar-refractivity contribution >= 4 is 0 Å². The quantitative estimate of drug-likeness (QED) is 0.749. The summed E-state index contributed by atoms with van der Waals surface area (Å²) in [6.07, 6.45) is 2.64. The van der Waals surface area contributed by atoms with Crippen molar-refractivity contribution in [3.8, 4) is 0 Å². The van der Waals surface area contributed by atoms with E-state index in [2.05, 4.69) is 24.3 Å². The second-order valence-electron chi connectivity index (χ2n) is 3.45. The molecule has 1 atom stereocenters. The number of rotatable bonds is 2. The minimum Gasteiger partial charge on any atom is -0.374 e. The van der Waals surface area contributed by atoms with Crippen molar-refractivity contribution in [2.75, 3.05) is 6.61 Å². The van der Waals surface area contributed by atoms with Gasteiger partial charge in [-0.2, -0.15) is 0 Å². The molecular weight excluding hydrogens is 162 g/mol. The van der Waals surface area contributed by atoms with Gasteiger partial charge >= 0.3 is 0 Å². The lowest BCUT2D eigenvalue weighted by atomic mass is 10.0. The van der Waals surface area contributed by atoms with Gasteiger partial charge in [-0.15, -0.1) is 0 Å². The fourth-order valence-corrected chi connectivity index (χ4v) is 1.76. The first-order chi connectivity index (χ1) is 6.40. The topological polar surface area (TPSA) is 35.2 Å². The summed E-state index contributed by atoms with van der Waals surface area (Å²) in [5.41, 5.74) is 8.04. The molecule has 1 fully saturated rings. The van der Waals surface area contributed by atoms with E-state index in [9.17, 15) is 0 Å². The SMILES string of the molecule is NCc1cccc(C2CCCO2)c1. The van der Waals surface area contributed by atoms with Crippen LogP contribution in [0.4, 0.5) is 0 Å². The van der Waals surface area contributed by atoms with Crippen molar-refractivity contribution in [2.24, 2.45) is 5.73 Å². The van der Waals surface area contributed by atoms with E-state index in [1.807, 2.05) is 0 Å². The molecule has 2 rings (SSSR count). The van der Waals surface area contributed by atoms with Gasteiger partial charge in [-0.1, -0.05) is 24.3 Å². The molecule has 0 saturated carbocycles.